The third-order valence-electron chi connectivity index (χ3n) is 3.65. The van der Waals surface area contributed by atoms with E-state index in [1.54, 1.807) is 13.0 Å². The lowest BCUT2D eigenvalue weighted by Crippen LogP contribution is -1.99. The van der Waals surface area contributed by atoms with Gasteiger partial charge in [-0.1, -0.05) is 54.1 Å². The summed E-state index contributed by atoms with van der Waals surface area (Å²) in [5.74, 6) is -0.910. The number of carbonyl (C=O) groups is 1. The van der Waals surface area contributed by atoms with Crippen LogP contribution in [0.25, 0.3) is 21.9 Å². The van der Waals surface area contributed by atoms with Gasteiger partial charge < -0.3 is 5.11 Å². The molecule has 2 nitrogen and oxygen atoms in total. The fourth-order valence-electron chi connectivity index (χ4n) is 2.53. The molecule has 0 unspecified atom stereocenters. The average Bonchev–Trinajstić information content (AvgIpc) is 2.48. The van der Waals surface area contributed by atoms with E-state index in [1.807, 2.05) is 48.5 Å². The molecule has 0 aromatic heterocycles. The molecule has 0 radical (unpaired) electrons. The minimum absolute atomic E-state index is 0.325. The molecule has 3 aromatic rings. The molecule has 1 N–H and O–H groups in total. The number of rotatable bonds is 2. The first kappa shape index (κ1) is 13.7. The molecule has 0 amide bonds. The molecule has 0 heterocycles. The summed E-state index contributed by atoms with van der Waals surface area (Å²) in [6.07, 6.45) is 0. The van der Waals surface area contributed by atoms with Gasteiger partial charge in [0, 0.05) is 10.4 Å². The van der Waals surface area contributed by atoms with Crippen molar-refractivity contribution < 1.29 is 9.90 Å². The van der Waals surface area contributed by atoms with Crippen LogP contribution < -0.4 is 0 Å². The fourth-order valence-corrected chi connectivity index (χ4v) is 2.76. The van der Waals surface area contributed by atoms with Crippen LogP contribution in [-0.2, 0) is 0 Å². The Balaban J connectivity index is 2.29. The summed E-state index contributed by atoms with van der Waals surface area (Å²) in [5.41, 5.74) is 2.94. The number of aromatic carboxylic acids is 1. The number of hydrogen-bond acceptors (Lipinski definition) is 1. The van der Waals surface area contributed by atoms with Gasteiger partial charge >= 0.3 is 5.97 Å². The van der Waals surface area contributed by atoms with E-state index in [1.165, 1.54) is 0 Å². The Kier molecular flexibility index (Phi) is 3.40. The molecule has 0 atom stereocenters. The maximum atomic E-state index is 11.3. The Morgan fingerprint density at radius 1 is 1.00 bits per heavy atom. The predicted octanol–water partition coefficient (Wildman–Crippen LogP) is 5.17. The Hall–Kier alpha value is -2.32. The minimum atomic E-state index is -0.910. The number of aryl methyl sites for hydroxylation is 1. The lowest BCUT2D eigenvalue weighted by molar-refractivity contribution is 0.0696. The Morgan fingerprint density at radius 3 is 2.43 bits per heavy atom. The van der Waals surface area contributed by atoms with Crippen molar-refractivity contribution in [3.8, 4) is 11.1 Å². The summed E-state index contributed by atoms with van der Waals surface area (Å²) in [4.78, 5) is 11.3. The van der Waals surface area contributed by atoms with Crippen LogP contribution in [0.4, 0.5) is 0 Å². The number of fused-ring (bicyclic) bond motifs is 1. The SMILES string of the molecule is Cc1ccc(-c2ccc(Cl)c3ccccc23)cc1C(=O)O. The Morgan fingerprint density at radius 2 is 1.71 bits per heavy atom. The van der Waals surface area contributed by atoms with Gasteiger partial charge in [-0.2, -0.15) is 0 Å². The van der Waals surface area contributed by atoms with Crippen molar-refractivity contribution in [1.82, 2.24) is 0 Å². The highest BCUT2D eigenvalue weighted by Crippen LogP contribution is 2.33. The van der Waals surface area contributed by atoms with E-state index in [9.17, 15) is 9.90 Å². The van der Waals surface area contributed by atoms with Crippen LogP contribution in [0, 0.1) is 6.92 Å². The highest BCUT2D eigenvalue weighted by Gasteiger charge is 2.11. The van der Waals surface area contributed by atoms with Gasteiger partial charge in [-0.25, -0.2) is 4.79 Å². The van der Waals surface area contributed by atoms with Crippen molar-refractivity contribution in [2.45, 2.75) is 6.92 Å². The van der Waals surface area contributed by atoms with Gasteiger partial charge in [-0.15, -0.1) is 0 Å². The van der Waals surface area contributed by atoms with Gasteiger partial charge in [0.1, 0.15) is 0 Å². The molecule has 3 heteroatoms. The summed E-state index contributed by atoms with van der Waals surface area (Å²) in [6.45, 7) is 1.80. The number of carboxylic acid groups (broad SMARTS) is 1. The highest BCUT2D eigenvalue weighted by molar-refractivity contribution is 6.36. The second-order valence-electron chi connectivity index (χ2n) is 4.98. The molecular formula is C18H13ClO2. The molecule has 0 spiro atoms. The predicted molar refractivity (Wildman–Crippen MR) is 86.1 cm³/mol. The van der Waals surface area contributed by atoms with Crippen molar-refractivity contribution in [2.75, 3.05) is 0 Å². The van der Waals surface area contributed by atoms with Crippen molar-refractivity contribution in [2.24, 2.45) is 0 Å². The summed E-state index contributed by atoms with van der Waals surface area (Å²) in [5, 5.41) is 12.0. The van der Waals surface area contributed by atoms with E-state index < -0.39 is 5.97 Å². The minimum Gasteiger partial charge on any atom is -0.478 e. The number of benzene rings is 3. The third kappa shape index (κ3) is 2.39. The van der Waals surface area contributed by atoms with Crippen LogP contribution in [-0.4, -0.2) is 11.1 Å². The molecule has 0 aliphatic carbocycles. The first-order chi connectivity index (χ1) is 10.1. The maximum Gasteiger partial charge on any atom is 0.335 e. The quantitative estimate of drug-likeness (QED) is 0.708. The van der Waals surface area contributed by atoms with E-state index in [0.29, 0.717) is 10.6 Å². The Bertz CT molecular complexity index is 853. The van der Waals surface area contributed by atoms with E-state index in [-0.39, 0.29) is 0 Å². The zero-order valence-electron chi connectivity index (χ0n) is 11.4. The zero-order chi connectivity index (χ0) is 15.0. The van der Waals surface area contributed by atoms with Crippen molar-refractivity contribution in [3.63, 3.8) is 0 Å². The summed E-state index contributed by atoms with van der Waals surface area (Å²) in [6, 6.07) is 17.1. The van der Waals surface area contributed by atoms with Gasteiger partial charge in [0.05, 0.1) is 5.56 Å². The van der Waals surface area contributed by atoms with Crippen molar-refractivity contribution >= 4 is 28.3 Å². The maximum absolute atomic E-state index is 11.3. The lowest BCUT2D eigenvalue weighted by atomic mass is 9.95. The Labute approximate surface area is 127 Å². The molecule has 21 heavy (non-hydrogen) atoms. The van der Waals surface area contributed by atoms with Crippen molar-refractivity contribution in [3.05, 3.63) is 70.7 Å². The highest BCUT2D eigenvalue weighted by atomic mass is 35.5. The standard InChI is InChI=1S/C18H13ClO2/c1-11-6-7-12(10-16(11)18(20)21)13-8-9-17(19)15-5-3-2-4-14(13)15/h2-10H,1H3,(H,20,21). The van der Waals surface area contributed by atoms with E-state index in [4.69, 9.17) is 11.6 Å². The molecule has 3 rings (SSSR count). The average molecular weight is 297 g/mol. The summed E-state index contributed by atoms with van der Waals surface area (Å²) >= 11 is 6.23. The second kappa shape index (κ2) is 5.23. The monoisotopic (exact) mass is 296 g/mol. The van der Waals surface area contributed by atoms with Crippen LogP contribution in [0.15, 0.2) is 54.6 Å². The van der Waals surface area contributed by atoms with E-state index in [0.717, 1.165) is 27.5 Å². The van der Waals surface area contributed by atoms with Crippen LogP contribution in [0.1, 0.15) is 15.9 Å². The molecule has 104 valence electrons. The van der Waals surface area contributed by atoms with Gasteiger partial charge in [0.15, 0.2) is 0 Å². The van der Waals surface area contributed by atoms with Gasteiger partial charge in [0.2, 0.25) is 0 Å². The largest absolute Gasteiger partial charge is 0.478 e. The van der Waals surface area contributed by atoms with E-state index >= 15 is 0 Å². The summed E-state index contributed by atoms with van der Waals surface area (Å²) < 4.78 is 0. The van der Waals surface area contributed by atoms with Gasteiger partial charge in [-0.05, 0) is 41.1 Å². The van der Waals surface area contributed by atoms with E-state index in [2.05, 4.69) is 0 Å². The smallest absolute Gasteiger partial charge is 0.335 e. The second-order valence-corrected chi connectivity index (χ2v) is 5.38. The zero-order valence-corrected chi connectivity index (χ0v) is 12.2. The van der Waals surface area contributed by atoms with Crippen LogP contribution in [0.5, 0.6) is 0 Å². The molecule has 0 saturated heterocycles. The molecule has 0 aliphatic heterocycles. The topological polar surface area (TPSA) is 37.3 Å². The lowest BCUT2D eigenvalue weighted by Gasteiger charge is -2.10. The van der Waals surface area contributed by atoms with Crippen LogP contribution >= 0.6 is 11.6 Å². The third-order valence-corrected chi connectivity index (χ3v) is 3.98. The first-order valence-corrected chi connectivity index (χ1v) is 6.97. The number of carboxylic acids is 1. The molecule has 3 aromatic carbocycles. The number of hydrogen-bond donors (Lipinski definition) is 1. The molecular weight excluding hydrogens is 284 g/mol. The summed E-state index contributed by atoms with van der Waals surface area (Å²) in [7, 11) is 0. The molecule has 0 bridgehead atoms. The first-order valence-electron chi connectivity index (χ1n) is 6.59. The molecule has 0 aliphatic rings. The van der Waals surface area contributed by atoms with Crippen LogP contribution in [0.3, 0.4) is 0 Å². The fraction of sp³-hybridized carbons (Fsp3) is 0.0556. The van der Waals surface area contributed by atoms with Crippen molar-refractivity contribution in [1.29, 1.82) is 0 Å². The molecule has 0 fully saturated rings. The van der Waals surface area contributed by atoms with Gasteiger partial charge in [0.25, 0.3) is 0 Å². The van der Waals surface area contributed by atoms with Gasteiger partial charge in [-0.3, -0.25) is 0 Å². The normalized spacial score (nSPS) is 10.8. The van der Waals surface area contributed by atoms with Crippen LogP contribution in [0.2, 0.25) is 5.02 Å². The molecule has 0 saturated carbocycles. The number of halogens is 1.